The van der Waals surface area contributed by atoms with Gasteiger partial charge in [-0.2, -0.15) is 0 Å². The van der Waals surface area contributed by atoms with Crippen molar-refractivity contribution >= 4 is 16.6 Å². The van der Waals surface area contributed by atoms with Crippen molar-refractivity contribution in [2.75, 3.05) is 51.8 Å². The van der Waals surface area contributed by atoms with E-state index in [4.69, 9.17) is 9.47 Å². The maximum Gasteiger partial charge on any atom is 0.251 e. The molecule has 0 atom stereocenters. The molecular weight excluding hydrogens is 450 g/mol. The third kappa shape index (κ3) is 5.39. The van der Waals surface area contributed by atoms with Gasteiger partial charge in [0.1, 0.15) is 11.5 Å². The minimum absolute atomic E-state index is 0.00328. The summed E-state index contributed by atoms with van der Waals surface area (Å²) >= 11 is 0. The molecule has 0 spiro atoms. The smallest absolute Gasteiger partial charge is 0.251 e. The molecule has 1 aliphatic rings. The molecular formula is C30H33N3O3. The molecule has 1 saturated heterocycles. The second kappa shape index (κ2) is 10.9. The Morgan fingerprint density at radius 1 is 0.750 bits per heavy atom. The molecule has 1 aliphatic heterocycles. The predicted octanol–water partition coefficient (Wildman–Crippen LogP) is 4.43. The van der Waals surface area contributed by atoms with Crippen LogP contribution in [-0.2, 0) is 13.0 Å². The highest BCUT2D eigenvalue weighted by Crippen LogP contribution is 2.26. The summed E-state index contributed by atoms with van der Waals surface area (Å²) in [7, 11) is 3.40. The van der Waals surface area contributed by atoms with Crippen molar-refractivity contribution in [1.29, 1.82) is 0 Å². The first-order valence-corrected chi connectivity index (χ1v) is 12.5. The first-order chi connectivity index (χ1) is 17.6. The molecule has 6 heteroatoms. The highest BCUT2D eigenvalue weighted by atomic mass is 16.5. The summed E-state index contributed by atoms with van der Waals surface area (Å²) in [6.07, 6.45) is 1.03. The fraction of sp³-hybridized carbons (Fsp3) is 0.300. The summed E-state index contributed by atoms with van der Waals surface area (Å²) in [5.41, 5.74) is 4.49. The van der Waals surface area contributed by atoms with E-state index in [9.17, 15) is 4.79 Å². The van der Waals surface area contributed by atoms with Crippen LogP contribution in [-0.4, -0.2) is 56.4 Å². The molecule has 6 nitrogen and oxygen atoms in total. The van der Waals surface area contributed by atoms with Gasteiger partial charge in [-0.15, -0.1) is 0 Å². The van der Waals surface area contributed by atoms with Crippen LogP contribution in [0.25, 0.3) is 10.9 Å². The van der Waals surface area contributed by atoms with Crippen LogP contribution in [0, 0.1) is 0 Å². The van der Waals surface area contributed by atoms with Crippen LogP contribution >= 0.6 is 0 Å². The third-order valence-corrected chi connectivity index (χ3v) is 7.04. The number of hydrogen-bond donors (Lipinski definition) is 0. The number of para-hydroxylation sites is 1. The molecule has 1 fully saturated rings. The van der Waals surface area contributed by atoms with Crippen molar-refractivity contribution in [2.45, 2.75) is 13.0 Å². The number of methoxy groups -OCH3 is 2. The van der Waals surface area contributed by atoms with Gasteiger partial charge in [-0.25, -0.2) is 0 Å². The first-order valence-electron chi connectivity index (χ1n) is 12.5. The van der Waals surface area contributed by atoms with Crippen LogP contribution in [0.3, 0.4) is 0 Å². The molecule has 0 N–H and O–H groups in total. The summed E-state index contributed by atoms with van der Waals surface area (Å²) in [5, 5.41) is 1.06. The SMILES string of the molecule is COc1ccc(CCN2CCN(c3cc(Cn4c(=O)ccc5ccccc54)cc(OC)c3)CC2)cc1. The van der Waals surface area contributed by atoms with Gasteiger partial charge in [0.25, 0.3) is 5.56 Å². The number of fused-ring (bicyclic) bond motifs is 1. The number of benzene rings is 3. The van der Waals surface area contributed by atoms with Crippen LogP contribution in [0.2, 0.25) is 0 Å². The average molecular weight is 484 g/mol. The predicted molar refractivity (Wildman–Crippen MR) is 146 cm³/mol. The van der Waals surface area contributed by atoms with E-state index in [1.807, 2.05) is 53.1 Å². The van der Waals surface area contributed by atoms with Crippen LogP contribution in [0.15, 0.2) is 83.7 Å². The summed E-state index contributed by atoms with van der Waals surface area (Å²) in [4.78, 5) is 17.7. The van der Waals surface area contributed by atoms with E-state index in [0.717, 1.165) is 72.8 Å². The Kier molecular flexibility index (Phi) is 7.23. The molecule has 186 valence electrons. The topological polar surface area (TPSA) is 46.9 Å². The molecule has 0 saturated carbocycles. The first kappa shape index (κ1) is 23.9. The zero-order valence-corrected chi connectivity index (χ0v) is 21.0. The number of hydrogen-bond acceptors (Lipinski definition) is 5. The molecule has 0 radical (unpaired) electrons. The Morgan fingerprint density at radius 2 is 1.50 bits per heavy atom. The molecule has 4 aromatic rings. The number of anilines is 1. The Bertz CT molecular complexity index is 1370. The maximum absolute atomic E-state index is 12.7. The van der Waals surface area contributed by atoms with Crippen molar-refractivity contribution in [3.63, 3.8) is 0 Å². The van der Waals surface area contributed by atoms with Gasteiger partial charge in [0.2, 0.25) is 0 Å². The van der Waals surface area contributed by atoms with E-state index < -0.39 is 0 Å². The standard InChI is InChI=1S/C30H33N3O3/c1-35-27-10-7-23(8-11-27)13-14-31-15-17-32(18-16-31)26-19-24(20-28(21-26)36-2)22-33-29-6-4-3-5-25(29)9-12-30(33)34/h3-12,19-21H,13-18,22H2,1-2H3. The van der Waals surface area contributed by atoms with E-state index in [-0.39, 0.29) is 5.56 Å². The minimum atomic E-state index is 0.00328. The number of aromatic nitrogens is 1. The lowest BCUT2D eigenvalue weighted by molar-refractivity contribution is 0.261. The zero-order chi connectivity index (χ0) is 24.9. The Balaban J connectivity index is 1.27. The Labute approximate surface area is 212 Å². The molecule has 0 aliphatic carbocycles. The summed E-state index contributed by atoms with van der Waals surface area (Å²) in [6, 6.07) is 26.2. The van der Waals surface area contributed by atoms with Crippen LogP contribution in [0.4, 0.5) is 5.69 Å². The largest absolute Gasteiger partial charge is 0.497 e. The van der Waals surface area contributed by atoms with E-state index >= 15 is 0 Å². The highest BCUT2D eigenvalue weighted by Gasteiger charge is 2.18. The van der Waals surface area contributed by atoms with Crippen molar-refractivity contribution in [1.82, 2.24) is 9.47 Å². The minimum Gasteiger partial charge on any atom is -0.497 e. The molecule has 5 rings (SSSR count). The van der Waals surface area contributed by atoms with Gasteiger partial charge in [0.15, 0.2) is 0 Å². The molecule has 1 aromatic heterocycles. The normalized spacial score (nSPS) is 14.2. The monoisotopic (exact) mass is 483 g/mol. The number of ether oxygens (including phenoxy) is 2. The summed E-state index contributed by atoms with van der Waals surface area (Å²) < 4.78 is 12.7. The summed E-state index contributed by atoms with van der Waals surface area (Å²) in [6.45, 7) is 5.52. The van der Waals surface area contributed by atoms with Gasteiger partial charge in [0, 0.05) is 50.5 Å². The second-order valence-corrected chi connectivity index (χ2v) is 9.28. The molecule has 3 aromatic carbocycles. The van der Waals surface area contributed by atoms with Crippen LogP contribution < -0.4 is 19.9 Å². The van der Waals surface area contributed by atoms with Gasteiger partial charge >= 0.3 is 0 Å². The van der Waals surface area contributed by atoms with Gasteiger partial charge < -0.3 is 18.9 Å². The lowest BCUT2D eigenvalue weighted by Crippen LogP contribution is -2.47. The quantitative estimate of drug-likeness (QED) is 0.371. The third-order valence-electron chi connectivity index (χ3n) is 7.04. The summed E-state index contributed by atoms with van der Waals surface area (Å²) in [5.74, 6) is 1.72. The van der Waals surface area contributed by atoms with Gasteiger partial charge in [-0.3, -0.25) is 9.69 Å². The number of piperazine rings is 1. The van der Waals surface area contributed by atoms with Crippen molar-refractivity contribution in [3.8, 4) is 11.5 Å². The lowest BCUT2D eigenvalue weighted by atomic mass is 10.1. The number of rotatable bonds is 8. The Hall–Kier alpha value is -3.77. The number of pyridine rings is 1. The molecule has 0 bridgehead atoms. The van der Waals surface area contributed by atoms with Crippen LogP contribution in [0.5, 0.6) is 11.5 Å². The maximum atomic E-state index is 12.7. The van der Waals surface area contributed by atoms with E-state index in [1.54, 1.807) is 20.3 Å². The van der Waals surface area contributed by atoms with E-state index in [0.29, 0.717) is 6.54 Å². The fourth-order valence-corrected chi connectivity index (χ4v) is 4.93. The number of nitrogens with zero attached hydrogens (tertiary/aromatic N) is 3. The van der Waals surface area contributed by atoms with Gasteiger partial charge in [-0.05, 0) is 59.3 Å². The Morgan fingerprint density at radius 3 is 2.25 bits per heavy atom. The van der Waals surface area contributed by atoms with E-state index in [2.05, 4.69) is 34.1 Å². The van der Waals surface area contributed by atoms with Crippen molar-refractivity contribution in [2.24, 2.45) is 0 Å². The van der Waals surface area contributed by atoms with Crippen molar-refractivity contribution < 1.29 is 9.47 Å². The molecule has 0 unspecified atom stereocenters. The zero-order valence-electron chi connectivity index (χ0n) is 21.0. The molecule has 2 heterocycles. The highest BCUT2D eigenvalue weighted by molar-refractivity contribution is 5.78. The average Bonchev–Trinajstić information content (AvgIpc) is 2.94. The lowest BCUT2D eigenvalue weighted by Gasteiger charge is -2.36. The van der Waals surface area contributed by atoms with Crippen LogP contribution in [0.1, 0.15) is 11.1 Å². The van der Waals surface area contributed by atoms with Gasteiger partial charge in [-0.1, -0.05) is 30.3 Å². The molecule has 36 heavy (non-hydrogen) atoms. The van der Waals surface area contributed by atoms with E-state index in [1.165, 1.54) is 5.56 Å². The van der Waals surface area contributed by atoms with Crippen molar-refractivity contribution in [3.05, 3.63) is 100 Å². The molecule has 0 amide bonds. The second-order valence-electron chi connectivity index (χ2n) is 9.28. The fourth-order valence-electron chi connectivity index (χ4n) is 4.93. The van der Waals surface area contributed by atoms with Gasteiger partial charge in [0.05, 0.1) is 26.3 Å².